The first kappa shape index (κ1) is 23.3. The number of hydrogen-bond acceptors (Lipinski definition) is 6. The van der Waals surface area contributed by atoms with Crippen LogP contribution in [0.25, 0.3) is 16.8 Å². The standard InChI is InChI=1S/C21H20Cl2N2O5S/c1-21(2,27)12-30-19-16(13-4-7-15(8-5-13)31(3,28)29)11-24-25(20(19)26)14-6-9-17(22)18(23)10-14/h4-11,27H,12H2,1-3H3. The summed E-state index contributed by atoms with van der Waals surface area (Å²) in [5, 5.41) is 14.9. The van der Waals surface area contributed by atoms with Crippen molar-refractivity contribution in [3.63, 3.8) is 0 Å². The van der Waals surface area contributed by atoms with Gasteiger partial charge in [0.25, 0.3) is 0 Å². The summed E-state index contributed by atoms with van der Waals surface area (Å²) in [6, 6.07) is 10.6. The van der Waals surface area contributed by atoms with Crippen LogP contribution < -0.4 is 10.3 Å². The van der Waals surface area contributed by atoms with Gasteiger partial charge in [0, 0.05) is 11.8 Å². The molecule has 0 radical (unpaired) electrons. The van der Waals surface area contributed by atoms with Crippen LogP contribution in [0.3, 0.4) is 0 Å². The molecule has 7 nitrogen and oxygen atoms in total. The van der Waals surface area contributed by atoms with Gasteiger partial charge in [-0.2, -0.15) is 9.78 Å². The van der Waals surface area contributed by atoms with Crippen molar-refractivity contribution in [3.8, 4) is 22.6 Å². The third kappa shape index (κ3) is 5.46. The molecule has 1 aromatic heterocycles. The second kappa shape index (κ2) is 8.63. The van der Waals surface area contributed by atoms with Crippen molar-refractivity contribution in [2.75, 3.05) is 12.9 Å². The molecule has 1 N–H and O–H groups in total. The van der Waals surface area contributed by atoms with Crippen molar-refractivity contribution < 1.29 is 18.3 Å². The van der Waals surface area contributed by atoms with E-state index >= 15 is 0 Å². The van der Waals surface area contributed by atoms with Crippen molar-refractivity contribution in [3.05, 3.63) is 69.1 Å². The van der Waals surface area contributed by atoms with Crippen LogP contribution in [0.15, 0.2) is 58.4 Å². The summed E-state index contributed by atoms with van der Waals surface area (Å²) in [6.07, 6.45) is 2.54. The minimum atomic E-state index is -3.37. The molecule has 0 fully saturated rings. The van der Waals surface area contributed by atoms with Gasteiger partial charge in [-0.15, -0.1) is 0 Å². The lowest BCUT2D eigenvalue weighted by Crippen LogP contribution is -2.31. The molecule has 2 aromatic carbocycles. The van der Waals surface area contributed by atoms with Crippen LogP contribution in [0.5, 0.6) is 5.75 Å². The molecule has 0 unspecified atom stereocenters. The number of aromatic nitrogens is 2. The van der Waals surface area contributed by atoms with Crippen LogP contribution in [0, 0.1) is 0 Å². The van der Waals surface area contributed by atoms with Crippen molar-refractivity contribution in [2.45, 2.75) is 24.3 Å². The molecule has 0 saturated heterocycles. The van der Waals surface area contributed by atoms with E-state index in [2.05, 4.69) is 5.10 Å². The van der Waals surface area contributed by atoms with E-state index in [4.69, 9.17) is 27.9 Å². The van der Waals surface area contributed by atoms with Crippen LogP contribution in [-0.4, -0.2) is 41.8 Å². The Morgan fingerprint density at radius 3 is 2.29 bits per heavy atom. The number of aliphatic hydroxyl groups is 1. The number of halogens is 2. The van der Waals surface area contributed by atoms with E-state index in [0.29, 0.717) is 21.8 Å². The van der Waals surface area contributed by atoms with E-state index in [9.17, 15) is 18.3 Å². The van der Waals surface area contributed by atoms with Crippen molar-refractivity contribution in [1.29, 1.82) is 0 Å². The first-order valence-electron chi connectivity index (χ1n) is 9.10. The monoisotopic (exact) mass is 482 g/mol. The summed E-state index contributed by atoms with van der Waals surface area (Å²) in [5.74, 6) is -0.0460. The average molecular weight is 483 g/mol. The topological polar surface area (TPSA) is 98.5 Å². The van der Waals surface area contributed by atoms with Gasteiger partial charge in [0.2, 0.25) is 0 Å². The zero-order valence-corrected chi connectivity index (χ0v) is 19.3. The van der Waals surface area contributed by atoms with Gasteiger partial charge in [0.1, 0.15) is 6.61 Å². The Morgan fingerprint density at radius 1 is 1.10 bits per heavy atom. The van der Waals surface area contributed by atoms with E-state index in [1.165, 1.54) is 24.4 Å². The quantitative estimate of drug-likeness (QED) is 0.574. The molecule has 1 heterocycles. The maximum Gasteiger partial charge on any atom is 0.314 e. The third-order valence-corrected chi connectivity index (χ3v) is 6.11. The van der Waals surface area contributed by atoms with Gasteiger partial charge in [-0.05, 0) is 49.7 Å². The number of benzene rings is 2. The van der Waals surface area contributed by atoms with Crippen LogP contribution in [0.4, 0.5) is 0 Å². The summed E-state index contributed by atoms with van der Waals surface area (Å²) < 4.78 is 30.3. The normalized spacial score (nSPS) is 12.1. The predicted octanol–water partition coefficient (Wildman–Crippen LogP) is 3.76. The second-order valence-corrected chi connectivity index (χ2v) is 10.4. The van der Waals surface area contributed by atoms with Gasteiger partial charge in [-0.25, -0.2) is 8.42 Å². The highest BCUT2D eigenvalue weighted by atomic mass is 35.5. The molecule has 3 rings (SSSR count). The van der Waals surface area contributed by atoms with Gasteiger partial charge in [-0.3, -0.25) is 4.79 Å². The molecule has 0 aliphatic rings. The Bertz CT molecular complexity index is 1280. The number of nitrogens with zero attached hydrogens (tertiary/aromatic N) is 2. The van der Waals surface area contributed by atoms with E-state index < -0.39 is 21.0 Å². The number of sulfone groups is 1. The van der Waals surface area contributed by atoms with Crippen molar-refractivity contribution >= 4 is 33.0 Å². The largest absolute Gasteiger partial charge is 0.484 e. The summed E-state index contributed by atoms with van der Waals surface area (Å²) in [6.45, 7) is 2.95. The molecule has 164 valence electrons. The molecule has 0 aliphatic heterocycles. The zero-order chi connectivity index (χ0) is 23.0. The van der Waals surface area contributed by atoms with E-state index in [-0.39, 0.29) is 22.3 Å². The Labute approximate surface area is 189 Å². The molecule has 0 amide bonds. The van der Waals surface area contributed by atoms with Crippen LogP contribution in [-0.2, 0) is 9.84 Å². The lowest BCUT2D eigenvalue weighted by molar-refractivity contribution is 0.0280. The number of rotatable bonds is 6. The van der Waals surface area contributed by atoms with E-state index in [1.807, 2.05) is 0 Å². The fraction of sp³-hybridized carbons (Fsp3) is 0.238. The lowest BCUT2D eigenvalue weighted by atomic mass is 10.1. The second-order valence-electron chi connectivity index (χ2n) is 7.60. The summed E-state index contributed by atoms with van der Waals surface area (Å²) in [7, 11) is -3.37. The van der Waals surface area contributed by atoms with Gasteiger partial charge in [-0.1, -0.05) is 35.3 Å². The molecule has 0 spiro atoms. The highest BCUT2D eigenvalue weighted by Crippen LogP contribution is 2.29. The van der Waals surface area contributed by atoms with Gasteiger partial charge in [0.05, 0.1) is 32.4 Å². The lowest BCUT2D eigenvalue weighted by Gasteiger charge is -2.19. The Hall–Kier alpha value is -2.39. The fourth-order valence-corrected chi connectivity index (χ4v) is 3.64. The third-order valence-electron chi connectivity index (χ3n) is 4.24. The molecule has 0 atom stereocenters. The summed E-state index contributed by atoms with van der Waals surface area (Å²) in [5.41, 5.74) is -0.505. The van der Waals surface area contributed by atoms with Gasteiger partial charge in [0.15, 0.2) is 15.6 Å². The maximum absolute atomic E-state index is 13.2. The summed E-state index contributed by atoms with van der Waals surface area (Å²) >= 11 is 12.0. The van der Waals surface area contributed by atoms with Crippen LogP contribution in [0.2, 0.25) is 10.0 Å². The van der Waals surface area contributed by atoms with Crippen LogP contribution in [0.1, 0.15) is 13.8 Å². The molecule has 0 saturated carbocycles. The Morgan fingerprint density at radius 2 is 1.74 bits per heavy atom. The first-order valence-corrected chi connectivity index (χ1v) is 11.7. The molecular weight excluding hydrogens is 463 g/mol. The molecular formula is C21H20Cl2N2O5S. The highest BCUT2D eigenvalue weighted by molar-refractivity contribution is 7.90. The summed E-state index contributed by atoms with van der Waals surface area (Å²) in [4.78, 5) is 13.4. The fourth-order valence-electron chi connectivity index (χ4n) is 2.71. The Kier molecular flexibility index (Phi) is 6.48. The zero-order valence-electron chi connectivity index (χ0n) is 17.0. The van der Waals surface area contributed by atoms with Crippen LogP contribution >= 0.6 is 23.2 Å². The highest BCUT2D eigenvalue weighted by Gasteiger charge is 2.21. The van der Waals surface area contributed by atoms with Gasteiger partial charge >= 0.3 is 5.56 Å². The van der Waals surface area contributed by atoms with Crippen molar-refractivity contribution in [1.82, 2.24) is 9.78 Å². The molecule has 3 aromatic rings. The number of ether oxygens (including phenoxy) is 1. The predicted molar refractivity (Wildman–Crippen MR) is 120 cm³/mol. The molecule has 0 aliphatic carbocycles. The van der Waals surface area contributed by atoms with Gasteiger partial charge < -0.3 is 9.84 Å². The minimum Gasteiger partial charge on any atom is -0.484 e. The molecule has 0 bridgehead atoms. The smallest absolute Gasteiger partial charge is 0.314 e. The average Bonchev–Trinajstić information content (AvgIpc) is 2.68. The minimum absolute atomic E-state index is 0.0460. The Balaban J connectivity index is 2.15. The maximum atomic E-state index is 13.2. The SMILES string of the molecule is CC(C)(O)COc1c(-c2ccc(S(C)(=O)=O)cc2)cnn(-c2ccc(Cl)c(Cl)c2)c1=O. The van der Waals surface area contributed by atoms with E-state index in [0.717, 1.165) is 10.9 Å². The molecule has 10 heteroatoms. The molecule has 31 heavy (non-hydrogen) atoms. The van der Waals surface area contributed by atoms with E-state index in [1.54, 1.807) is 38.1 Å². The van der Waals surface area contributed by atoms with Crippen molar-refractivity contribution in [2.24, 2.45) is 0 Å². The first-order chi connectivity index (χ1) is 14.4. The number of hydrogen-bond donors (Lipinski definition) is 1.